The number of unbranched alkanes of at least 4 members (excludes halogenated alkanes) is 7. The molecular formula is C48H77O11P. The van der Waals surface area contributed by atoms with Gasteiger partial charge in [-0.3, -0.25) is 18.6 Å². The van der Waals surface area contributed by atoms with Crippen molar-refractivity contribution in [3.8, 4) is 0 Å². The van der Waals surface area contributed by atoms with E-state index in [4.69, 9.17) is 24.2 Å². The summed E-state index contributed by atoms with van der Waals surface area (Å²) in [5.41, 5.74) is 0. The number of ether oxygens (including phenoxy) is 2. The van der Waals surface area contributed by atoms with E-state index in [1.165, 1.54) is 19.3 Å². The molecule has 0 aromatic rings. The van der Waals surface area contributed by atoms with Crippen LogP contribution in [0.4, 0.5) is 0 Å². The van der Waals surface area contributed by atoms with E-state index in [1.54, 1.807) is 0 Å². The fourth-order valence-corrected chi connectivity index (χ4v) is 5.85. The minimum atomic E-state index is -4.66. The van der Waals surface area contributed by atoms with Gasteiger partial charge in [0.2, 0.25) is 0 Å². The van der Waals surface area contributed by atoms with Crippen LogP contribution in [0.15, 0.2) is 109 Å². The first kappa shape index (κ1) is 56.6. The van der Waals surface area contributed by atoms with E-state index in [2.05, 4.69) is 96.5 Å². The van der Waals surface area contributed by atoms with E-state index in [-0.39, 0.29) is 26.1 Å². The summed E-state index contributed by atoms with van der Waals surface area (Å²) in [6.45, 7) is 0.178. The molecule has 0 bridgehead atoms. The average Bonchev–Trinajstić information content (AvgIpc) is 3.24. The van der Waals surface area contributed by atoms with Crippen molar-refractivity contribution in [2.75, 3.05) is 33.0 Å². The minimum absolute atomic E-state index is 0.0368. The number of rotatable bonds is 40. The van der Waals surface area contributed by atoms with Crippen molar-refractivity contribution in [2.45, 2.75) is 148 Å². The molecule has 0 aliphatic carbocycles. The Bertz CT molecular complexity index is 1360. The SMILES string of the molecule is CCCCC/C=C\C/C=C\C/C=C\C/C=C\C/C=C\CCC(=O)O[C@H](COC(=O)CCC/C=C\C/C=C\C/C=C\C/C=C\CCCCCO)COP(=O)(O)OC[C@@H](O)CO. The number of esters is 2. The highest BCUT2D eigenvalue weighted by molar-refractivity contribution is 7.47. The molecule has 0 aliphatic rings. The molecule has 340 valence electrons. The van der Waals surface area contributed by atoms with Crippen LogP contribution in [0.5, 0.6) is 0 Å². The van der Waals surface area contributed by atoms with Gasteiger partial charge < -0.3 is 29.7 Å². The molecule has 0 amide bonds. The fraction of sp³-hybridized carbons (Fsp3) is 0.583. The molecule has 0 radical (unpaired) electrons. The van der Waals surface area contributed by atoms with Crippen molar-refractivity contribution >= 4 is 19.8 Å². The number of hydrogen-bond acceptors (Lipinski definition) is 10. The van der Waals surface area contributed by atoms with E-state index in [0.29, 0.717) is 19.3 Å². The van der Waals surface area contributed by atoms with Crippen molar-refractivity contribution in [1.29, 1.82) is 0 Å². The number of phosphoric ester groups is 1. The predicted molar refractivity (Wildman–Crippen MR) is 243 cm³/mol. The number of hydrogen-bond donors (Lipinski definition) is 4. The Morgan fingerprint density at radius 1 is 0.517 bits per heavy atom. The Labute approximate surface area is 361 Å². The van der Waals surface area contributed by atoms with Gasteiger partial charge >= 0.3 is 19.8 Å². The third-order valence-corrected chi connectivity index (χ3v) is 9.42. The van der Waals surface area contributed by atoms with Gasteiger partial charge in [0.15, 0.2) is 6.10 Å². The molecule has 4 N–H and O–H groups in total. The third-order valence-electron chi connectivity index (χ3n) is 8.47. The van der Waals surface area contributed by atoms with Gasteiger partial charge in [-0.1, -0.05) is 136 Å². The Balaban J connectivity index is 4.53. The second-order valence-corrected chi connectivity index (χ2v) is 15.5. The highest BCUT2D eigenvalue weighted by Crippen LogP contribution is 2.43. The Hall–Kier alpha value is -3.41. The number of phosphoric acid groups is 1. The van der Waals surface area contributed by atoms with Gasteiger partial charge in [-0.15, -0.1) is 0 Å². The Morgan fingerprint density at radius 2 is 0.950 bits per heavy atom. The maximum atomic E-state index is 12.6. The van der Waals surface area contributed by atoms with Gasteiger partial charge in [0.1, 0.15) is 12.7 Å². The summed E-state index contributed by atoms with van der Waals surface area (Å²) >= 11 is 0. The largest absolute Gasteiger partial charge is 0.472 e. The number of aliphatic hydroxyl groups excluding tert-OH is 3. The van der Waals surface area contributed by atoms with Crippen molar-refractivity contribution in [2.24, 2.45) is 0 Å². The average molecular weight is 861 g/mol. The standard InChI is InChI=1S/C48H77O11P/c1-2-3-4-5-6-7-8-9-10-11-12-14-18-21-24-27-30-33-36-39-48(53)59-46(44-58-60(54,55)57-42-45(51)41-50)43-56-47(52)38-35-32-29-26-23-20-17-15-13-16-19-22-25-28-31-34-37-40-49/h6-7,9-10,12-14,16-17,20-22,24-26,29-30,33,45-46,49-51H,2-5,8,11,15,18-19,23,27-28,31-32,34-44H2,1H3,(H,54,55)/b7-6-,10-9-,14-12-,16-13-,20-17-,24-21-,25-22-,29-26-,33-30-/t45-,46+/m0/s1. The van der Waals surface area contributed by atoms with Crippen molar-refractivity contribution < 1.29 is 52.9 Å². The zero-order valence-corrected chi connectivity index (χ0v) is 37.2. The first-order chi connectivity index (χ1) is 29.2. The van der Waals surface area contributed by atoms with Crippen LogP contribution in [0.25, 0.3) is 0 Å². The maximum absolute atomic E-state index is 12.6. The quantitative estimate of drug-likeness (QED) is 0.0200. The molecule has 11 nitrogen and oxygen atoms in total. The number of carbonyl (C=O) groups is 2. The molecule has 12 heteroatoms. The Kier molecular flexibility index (Phi) is 41.2. The smallest absolute Gasteiger partial charge is 0.462 e. The predicted octanol–water partition coefficient (Wildman–Crippen LogP) is 10.7. The second-order valence-electron chi connectivity index (χ2n) is 14.1. The molecule has 0 aliphatic heterocycles. The molecule has 0 aromatic carbocycles. The summed E-state index contributed by atoms with van der Waals surface area (Å²) in [6.07, 6.45) is 52.3. The zero-order chi connectivity index (χ0) is 44.0. The highest BCUT2D eigenvalue weighted by Gasteiger charge is 2.27. The van der Waals surface area contributed by atoms with Gasteiger partial charge in [-0.25, -0.2) is 4.57 Å². The molecule has 0 aromatic heterocycles. The van der Waals surface area contributed by atoms with Crippen LogP contribution in [0.2, 0.25) is 0 Å². The van der Waals surface area contributed by atoms with E-state index >= 15 is 0 Å². The molecule has 0 saturated heterocycles. The molecular weight excluding hydrogens is 783 g/mol. The van der Waals surface area contributed by atoms with Gasteiger partial charge in [0, 0.05) is 19.4 Å². The van der Waals surface area contributed by atoms with Crippen LogP contribution in [0.3, 0.4) is 0 Å². The van der Waals surface area contributed by atoms with Gasteiger partial charge in [-0.2, -0.15) is 0 Å². The topological polar surface area (TPSA) is 169 Å². The first-order valence-electron chi connectivity index (χ1n) is 22.0. The second kappa shape index (κ2) is 43.7. The summed E-state index contributed by atoms with van der Waals surface area (Å²) in [5.74, 6) is -1.11. The summed E-state index contributed by atoms with van der Waals surface area (Å²) < 4.78 is 32.5. The van der Waals surface area contributed by atoms with E-state index in [0.717, 1.165) is 77.0 Å². The Morgan fingerprint density at radius 3 is 1.42 bits per heavy atom. The van der Waals surface area contributed by atoms with Gasteiger partial charge in [0.05, 0.1) is 19.8 Å². The number of allylic oxidation sites excluding steroid dienone is 18. The van der Waals surface area contributed by atoms with E-state index in [9.17, 15) is 24.2 Å². The molecule has 0 fully saturated rings. The summed E-state index contributed by atoms with van der Waals surface area (Å²) in [5, 5.41) is 27.1. The third kappa shape index (κ3) is 42.7. The fourth-order valence-electron chi connectivity index (χ4n) is 5.06. The lowest BCUT2D eigenvalue weighted by Crippen LogP contribution is -2.29. The van der Waals surface area contributed by atoms with Gasteiger partial charge in [0.25, 0.3) is 0 Å². The molecule has 3 atom stereocenters. The van der Waals surface area contributed by atoms with Crippen LogP contribution >= 0.6 is 7.82 Å². The lowest BCUT2D eigenvalue weighted by molar-refractivity contribution is -0.161. The van der Waals surface area contributed by atoms with Crippen LogP contribution < -0.4 is 0 Å². The van der Waals surface area contributed by atoms with E-state index < -0.39 is 51.8 Å². The maximum Gasteiger partial charge on any atom is 0.472 e. The van der Waals surface area contributed by atoms with Crippen LogP contribution in [0, 0.1) is 0 Å². The lowest BCUT2D eigenvalue weighted by Gasteiger charge is -2.20. The zero-order valence-electron chi connectivity index (χ0n) is 36.3. The summed E-state index contributed by atoms with van der Waals surface area (Å²) in [6, 6.07) is 0. The lowest BCUT2D eigenvalue weighted by atomic mass is 10.2. The van der Waals surface area contributed by atoms with E-state index in [1.807, 2.05) is 24.3 Å². The molecule has 0 heterocycles. The minimum Gasteiger partial charge on any atom is -0.462 e. The van der Waals surface area contributed by atoms with Crippen molar-refractivity contribution in [1.82, 2.24) is 0 Å². The number of carbonyl (C=O) groups excluding carboxylic acids is 2. The van der Waals surface area contributed by atoms with Crippen LogP contribution in [0.1, 0.15) is 135 Å². The summed E-state index contributed by atoms with van der Waals surface area (Å²) in [7, 11) is -4.66. The van der Waals surface area contributed by atoms with Crippen molar-refractivity contribution in [3.63, 3.8) is 0 Å². The van der Waals surface area contributed by atoms with Crippen molar-refractivity contribution in [3.05, 3.63) is 109 Å². The molecule has 0 saturated carbocycles. The molecule has 60 heavy (non-hydrogen) atoms. The monoisotopic (exact) mass is 861 g/mol. The van der Waals surface area contributed by atoms with Crippen LogP contribution in [-0.2, 0) is 32.7 Å². The van der Waals surface area contributed by atoms with Gasteiger partial charge in [-0.05, 0) is 96.3 Å². The highest BCUT2D eigenvalue weighted by atomic mass is 31.2. The number of aliphatic hydroxyl groups is 3. The molecule has 0 spiro atoms. The molecule has 0 rings (SSSR count). The first-order valence-corrected chi connectivity index (χ1v) is 23.4. The van der Waals surface area contributed by atoms with Crippen LogP contribution in [-0.4, -0.2) is 77.4 Å². The molecule has 1 unspecified atom stereocenters. The summed E-state index contributed by atoms with van der Waals surface area (Å²) in [4.78, 5) is 34.9. The normalized spacial score (nSPS) is 14.8.